The van der Waals surface area contributed by atoms with Crippen molar-refractivity contribution in [2.45, 2.75) is 48.3 Å². The van der Waals surface area contributed by atoms with Gasteiger partial charge in [0.05, 0.1) is 0 Å². The van der Waals surface area contributed by atoms with E-state index in [2.05, 4.69) is 196 Å². The number of nitrogens with zero attached hydrogens (tertiary/aromatic N) is 1. The average Bonchev–Trinajstić information content (AvgIpc) is 3.38. The van der Waals surface area contributed by atoms with E-state index in [1.54, 1.807) is 0 Å². The third-order valence-corrected chi connectivity index (χ3v) is 12.1. The zero-order valence-electron chi connectivity index (χ0n) is 28.9. The van der Waals surface area contributed by atoms with Crippen molar-refractivity contribution in [3.63, 3.8) is 0 Å². The number of fused-ring (bicyclic) bond motifs is 5. The highest BCUT2D eigenvalue weighted by Gasteiger charge is 2.36. The summed E-state index contributed by atoms with van der Waals surface area (Å²) in [5.41, 5.74) is 16.4. The van der Waals surface area contributed by atoms with Gasteiger partial charge in [-0.05, 0) is 110 Å². The fraction of sp³-hybridized carbons (Fsp3) is 0.125. The molecule has 0 bridgehead atoms. The molecule has 1 aliphatic heterocycles. The number of benzene rings is 7. The SMILES string of the molecule is CC1(C)c2ccccc2Sc2ccc(-c3ccc(N(c4ccc(-c5ccccc5)cc4)c4ccc5c(c4)C(C)(C)c4ccccc4-5)cc3)cc21. The highest BCUT2D eigenvalue weighted by Crippen LogP contribution is 2.52. The monoisotopic (exact) mass is 661 g/mol. The molecule has 7 aromatic rings. The lowest BCUT2D eigenvalue weighted by molar-refractivity contribution is 0.607. The van der Waals surface area contributed by atoms with Gasteiger partial charge in [0, 0.05) is 37.7 Å². The van der Waals surface area contributed by atoms with Gasteiger partial charge < -0.3 is 4.90 Å². The van der Waals surface area contributed by atoms with Crippen LogP contribution in [0.2, 0.25) is 0 Å². The van der Waals surface area contributed by atoms with Gasteiger partial charge in [-0.15, -0.1) is 0 Å². The third-order valence-electron chi connectivity index (χ3n) is 10.9. The minimum Gasteiger partial charge on any atom is -0.310 e. The first-order valence-corrected chi connectivity index (χ1v) is 18.3. The van der Waals surface area contributed by atoms with Gasteiger partial charge >= 0.3 is 0 Å². The van der Waals surface area contributed by atoms with Gasteiger partial charge in [-0.25, -0.2) is 0 Å². The summed E-state index contributed by atoms with van der Waals surface area (Å²) in [5, 5.41) is 0. The van der Waals surface area contributed by atoms with Crippen molar-refractivity contribution in [3.05, 3.63) is 186 Å². The first-order chi connectivity index (χ1) is 24.3. The molecule has 0 atom stereocenters. The Balaban J connectivity index is 1.12. The minimum absolute atomic E-state index is 0.0587. The van der Waals surface area contributed by atoms with Crippen molar-refractivity contribution in [1.82, 2.24) is 0 Å². The fourth-order valence-corrected chi connectivity index (χ4v) is 9.51. The van der Waals surface area contributed by atoms with Crippen molar-refractivity contribution in [1.29, 1.82) is 0 Å². The zero-order valence-corrected chi connectivity index (χ0v) is 29.8. The van der Waals surface area contributed by atoms with Crippen molar-refractivity contribution in [2.75, 3.05) is 4.90 Å². The Labute approximate surface area is 300 Å². The van der Waals surface area contributed by atoms with Crippen LogP contribution in [0.3, 0.4) is 0 Å². The van der Waals surface area contributed by atoms with Gasteiger partial charge in [0.1, 0.15) is 0 Å². The van der Waals surface area contributed by atoms with Gasteiger partial charge in [-0.2, -0.15) is 0 Å². The van der Waals surface area contributed by atoms with E-state index in [4.69, 9.17) is 0 Å². The molecule has 9 rings (SSSR count). The Morgan fingerprint density at radius 1 is 0.360 bits per heavy atom. The molecule has 2 heteroatoms. The minimum atomic E-state index is -0.0757. The first-order valence-electron chi connectivity index (χ1n) is 17.5. The maximum atomic E-state index is 2.41. The quantitative estimate of drug-likeness (QED) is 0.181. The molecule has 0 radical (unpaired) electrons. The molecule has 0 aromatic heterocycles. The van der Waals surface area contributed by atoms with Crippen LogP contribution in [0.4, 0.5) is 17.1 Å². The second kappa shape index (κ2) is 11.6. The summed E-state index contributed by atoms with van der Waals surface area (Å²) in [6, 6.07) is 60.5. The number of hydrogen-bond acceptors (Lipinski definition) is 2. The normalized spacial score (nSPS) is 14.6. The Morgan fingerprint density at radius 2 is 0.860 bits per heavy atom. The fourth-order valence-electron chi connectivity index (χ4n) is 8.14. The molecular weight excluding hydrogens is 623 g/mol. The van der Waals surface area contributed by atoms with Gasteiger partial charge in [0.25, 0.3) is 0 Å². The molecule has 242 valence electrons. The molecule has 0 saturated heterocycles. The summed E-state index contributed by atoms with van der Waals surface area (Å²) in [6.45, 7) is 9.42. The van der Waals surface area contributed by atoms with Crippen LogP contribution >= 0.6 is 11.8 Å². The predicted molar refractivity (Wildman–Crippen MR) is 212 cm³/mol. The van der Waals surface area contributed by atoms with E-state index in [-0.39, 0.29) is 10.8 Å². The van der Waals surface area contributed by atoms with Crippen LogP contribution in [0.15, 0.2) is 174 Å². The van der Waals surface area contributed by atoms with Gasteiger partial charge in [-0.1, -0.05) is 149 Å². The number of rotatable bonds is 5. The van der Waals surface area contributed by atoms with E-state index in [0.29, 0.717) is 0 Å². The van der Waals surface area contributed by atoms with E-state index in [9.17, 15) is 0 Å². The van der Waals surface area contributed by atoms with Crippen molar-refractivity contribution < 1.29 is 0 Å². The third kappa shape index (κ3) is 4.93. The highest BCUT2D eigenvalue weighted by atomic mass is 32.2. The Kier molecular flexibility index (Phi) is 7.16. The van der Waals surface area contributed by atoms with Crippen LogP contribution < -0.4 is 4.90 Å². The summed E-state index contributed by atoms with van der Waals surface area (Å²) in [5.74, 6) is 0. The van der Waals surface area contributed by atoms with E-state index < -0.39 is 0 Å². The number of hydrogen-bond donors (Lipinski definition) is 0. The highest BCUT2D eigenvalue weighted by molar-refractivity contribution is 7.99. The second-order valence-corrected chi connectivity index (χ2v) is 15.7. The molecule has 0 fully saturated rings. The standard InChI is InChI=1S/C48H39NS/c1-47(2)41-15-9-8-14-39(41)40-28-27-38(31-43(40)47)49(36-23-18-33(19-24-36)32-12-6-5-7-13-32)37-25-20-34(21-26-37)35-22-29-46-44(30-35)48(3,4)42-16-10-11-17-45(42)50-46/h5-31H,1-4H3. The lowest BCUT2D eigenvalue weighted by Crippen LogP contribution is -2.23. The molecule has 0 amide bonds. The summed E-state index contributed by atoms with van der Waals surface area (Å²) < 4.78 is 0. The molecule has 1 heterocycles. The second-order valence-electron chi connectivity index (χ2n) is 14.6. The molecule has 1 nitrogen and oxygen atoms in total. The Morgan fingerprint density at radius 3 is 1.58 bits per heavy atom. The lowest BCUT2D eigenvalue weighted by Gasteiger charge is -2.35. The van der Waals surface area contributed by atoms with E-state index in [1.165, 1.54) is 65.4 Å². The summed E-state index contributed by atoms with van der Waals surface area (Å²) in [6.07, 6.45) is 0. The van der Waals surface area contributed by atoms with Crippen LogP contribution in [-0.4, -0.2) is 0 Å². The van der Waals surface area contributed by atoms with Gasteiger partial charge in [0.15, 0.2) is 0 Å². The van der Waals surface area contributed by atoms with Gasteiger partial charge in [0.2, 0.25) is 0 Å². The smallest absolute Gasteiger partial charge is 0.0465 e. The lowest BCUT2D eigenvalue weighted by atomic mass is 9.77. The van der Waals surface area contributed by atoms with E-state index in [1.807, 2.05) is 11.8 Å². The molecule has 2 aliphatic rings. The van der Waals surface area contributed by atoms with Crippen LogP contribution in [0.25, 0.3) is 33.4 Å². The molecule has 0 N–H and O–H groups in total. The number of anilines is 3. The molecule has 0 unspecified atom stereocenters. The zero-order chi connectivity index (χ0) is 34.0. The summed E-state index contributed by atoms with van der Waals surface area (Å²) in [7, 11) is 0. The van der Waals surface area contributed by atoms with Crippen LogP contribution in [0.5, 0.6) is 0 Å². The average molecular weight is 662 g/mol. The summed E-state index contributed by atoms with van der Waals surface area (Å²) in [4.78, 5) is 5.11. The topological polar surface area (TPSA) is 3.24 Å². The van der Waals surface area contributed by atoms with Crippen molar-refractivity contribution in [3.8, 4) is 33.4 Å². The van der Waals surface area contributed by atoms with Crippen molar-refractivity contribution in [2.24, 2.45) is 0 Å². The molecule has 0 saturated carbocycles. The van der Waals surface area contributed by atoms with E-state index in [0.717, 1.165) is 17.1 Å². The molecule has 1 aliphatic carbocycles. The predicted octanol–water partition coefficient (Wildman–Crippen LogP) is 13.6. The first kappa shape index (κ1) is 30.7. The van der Waals surface area contributed by atoms with Crippen LogP contribution in [0, 0.1) is 0 Å². The Hall–Kier alpha value is -5.31. The van der Waals surface area contributed by atoms with Gasteiger partial charge in [-0.3, -0.25) is 0 Å². The van der Waals surface area contributed by atoms with Crippen LogP contribution in [-0.2, 0) is 10.8 Å². The molecule has 7 aromatic carbocycles. The van der Waals surface area contributed by atoms with Crippen molar-refractivity contribution >= 4 is 28.8 Å². The molecular formula is C48H39NS. The molecule has 0 spiro atoms. The molecule has 50 heavy (non-hydrogen) atoms. The Bertz CT molecular complexity index is 2380. The van der Waals surface area contributed by atoms with Crippen LogP contribution in [0.1, 0.15) is 49.9 Å². The maximum absolute atomic E-state index is 2.41. The summed E-state index contributed by atoms with van der Waals surface area (Å²) >= 11 is 1.89. The maximum Gasteiger partial charge on any atom is 0.0465 e. The largest absolute Gasteiger partial charge is 0.310 e. The van der Waals surface area contributed by atoms with E-state index >= 15 is 0 Å².